The number of methoxy groups -OCH3 is 1. The zero-order valence-electron chi connectivity index (χ0n) is 14.1. The topological polar surface area (TPSA) is 33.7 Å². The minimum absolute atomic E-state index is 0.262. The van der Waals surface area contributed by atoms with Gasteiger partial charge in [0, 0.05) is 38.3 Å². The summed E-state index contributed by atoms with van der Waals surface area (Å²) in [7, 11) is 1.71. The molecule has 2 unspecified atom stereocenters. The lowest BCUT2D eigenvalue weighted by Gasteiger charge is -2.48. The van der Waals surface area contributed by atoms with Crippen molar-refractivity contribution in [3.63, 3.8) is 0 Å². The third-order valence-corrected chi connectivity index (χ3v) is 4.43. The fraction of sp³-hybridized carbons (Fsp3) is 1.00. The second-order valence-corrected chi connectivity index (χ2v) is 6.61. The van der Waals surface area contributed by atoms with Gasteiger partial charge in [-0.3, -0.25) is 4.90 Å². The molecule has 1 aliphatic rings. The van der Waals surface area contributed by atoms with E-state index in [1.165, 1.54) is 12.8 Å². The first-order chi connectivity index (χ1) is 9.51. The zero-order chi connectivity index (χ0) is 15.0. The Kier molecular flexibility index (Phi) is 8.03. The lowest BCUT2D eigenvalue weighted by Crippen LogP contribution is -2.63. The van der Waals surface area contributed by atoms with Crippen LogP contribution in [0.4, 0.5) is 0 Å². The van der Waals surface area contributed by atoms with Crippen LogP contribution in [-0.2, 0) is 9.47 Å². The average Bonchev–Trinajstić information content (AvgIpc) is 2.41. The Hall–Kier alpha value is -0.160. The summed E-state index contributed by atoms with van der Waals surface area (Å²) >= 11 is 0. The van der Waals surface area contributed by atoms with Crippen LogP contribution in [0, 0.1) is 5.92 Å². The van der Waals surface area contributed by atoms with Crippen LogP contribution >= 0.6 is 0 Å². The van der Waals surface area contributed by atoms with Gasteiger partial charge < -0.3 is 14.8 Å². The van der Waals surface area contributed by atoms with E-state index in [0.29, 0.717) is 19.3 Å². The van der Waals surface area contributed by atoms with Crippen molar-refractivity contribution < 1.29 is 9.47 Å². The maximum atomic E-state index is 5.64. The van der Waals surface area contributed by atoms with E-state index in [-0.39, 0.29) is 5.54 Å². The fourth-order valence-corrected chi connectivity index (χ4v) is 2.88. The average molecular weight is 286 g/mol. The summed E-state index contributed by atoms with van der Waals surface area (Å²) in [6, 6.07) is 0.619. The molecule has 4 nitrogen and oxygen atoms in total. The molecule has 0 aromatic rings. The molecule has 1 aliphatic heterocycles. The monoisotopic (exact) mass is 286 g/mol. The van der Waals surface area contributed by atoms with Crippen molar-refractivity contribution in [2.75, 3.05) is 46.6 Å². The minimum atomic E-state index is 0.262. The minimum Gasteiger partial charge on any atom is -0.382 e. The van der Waals surface area contributed by atoms with E-state index in [2.05, 4.69) is 37.9 Å². The molecule has 0 aromatic heterocycles. The number of piperazine rings is 1. The quantitative estimate of drug-likeness (QED) is 0.659. The second-order valence-electron chi connectivity index (χ2n) is 6.61. The van der Waals surface area contributed by atoms with E-state index < -0.39 is 0 Å². The lowest BCUT2D eigenvalue weighted by molar-refractivity contribution is 0.00468. The van der Waals surface area contributed by atoms with E-state index in [4.69, 9.17) is 9.47 Å². The van der Waals surface area contributed by atoms with E-state index in [1.807, 2.05) is 0 Å². The highest BCUT2D eigenvalue weighted by molar-refractivity contribution is 4.95. The molecule has 1 saturated heterocycles. The Morgan fingerprint density at radius 1 is 1.30 bits per heavy atom. The van der Waals surface area contributed by atoms with Crippen molar-refractivity contribution in [1.82, 2.24) is 10.2 Å². The van der Waals surface area contributed by atoms with Crippen LogP contribution in [0.25, 0.3) is 0 Å². The molecule has 0 bridgehead atoms. The maximum Gasteiger partial charge on any atom is 0.0700 e. The van der Waals surface area contributed by atoms with Crippen molar-refractivity contribution in [3.05, 3.63) is 0 Å². The van der Waals surface area contributed by atoms with Gasteiger partial charge in [0.1, 0.15) is 0 Å². The Labute approximate surface area is 125 Å². The molecule has 1 rings (SSSR count). The molecule has 1 fully saturated rings. The van der Waals surface area contributed by atoms with Crippen LogP contribution in [0.15, 0.2) is 0 Å². The third-order valence-electron chi connectivity index (χ3n) is 4.43. The second kappa shape index (κ2) is 8.98. The first kappa shape index (κ1) is 17.9. The highest BCUT2D eigenvalue weighted by Gasteiger charge is 2.35. The summed E-state index contributed by atoms with van der Waals surface area (Å²) in [5.41, 5.74) is 0.262. The van der Waals surface area contributed by atoms with Gasteiger partial charge in [-0.2, -0.15) is 0 Å². The van der Waals surface area contributed by atoms with Gasteiger partial charge in [0.05, 0.1) is 19.8 Å². The Morgan fingerprint density at radius 2 is 2.05 bits per heavy atom. The molecule has 2 atom stereocenters. The first-order valence-electron chi connectivity index (χ1n) is 8.07. The van der Waals surface area contributed by atoms with E-state index in [1.54, 1.807) is 7.11 Å². The van der Waals surface area contributed by atoms with Crippen LogP contribution in [0.1, 0.15) is 40.5 Å². The molecule has 1 heterocycles. The first-order valence-corrected chi connectivity index (χ1v) is 8.07. The maximum absolute atomic E-state index is 5.64. The molecule has 0 spiro atoms. The molecule has 0 saturated carbocycles. The van der Waals surface area contributed by atoms with Crippen LogP contribution < -0.4 is 5.32 Å². The Bertz CT molecular complexity index is 261. The molecule has 0 radical (unpaired) electrons. The lowest BCUT2D eigenvalue weighted by atomic mass is 9.90. The third kappa shape index (κ3) is 5.68. The van der Waals surface area contributed by atoms with Crippen LogP contribution in [0.2, 0.25) is 0 Å². The number of ether oxygens (including phenoxy) is 2. The van der Waals surface area contributed by atoms with E-state index >= 15 is 0 Å². The predicted molar refractivity (Wildman–Crippen MR) is 84.2 cm³/mol. The van der Waals surface area contributed by atoms with Gasteiger partial charge in [0.15, 0.2) is 0 Å². The smallest absolute Gasteiger partial charge is 0.0700 e. The van der Waals surface area contributed by atoms with Gasteiger partial charge in [0.25, 0.3) is 0 Å². The summed E-state index contributed by atoms with van der Waals surface area (Å²) in [5, 5.41) is 3.73. The fourth-order valence-electron chi connectivity index (χ4n) is 2.88. The summed E-state index contributed by atoms with van der Waals surface area (Å²) in [6.07, 6.45) is 2.42. The number of hydrogen-bond acceptors (Lipinski definition) is 4. The summed E-state index contributed by atoms with van der Waals surface area (Å²) in [5.74, 6) is 0.748. The van der Waals surface area contributed by atoms with Crippen LogP contribution in [0.3, 0.4) is 0 Å². The van der Waals surface area contributed by atoms with Crippen molar-refractivity contribution >= 4 is 0 Å². The Balaban J connectivity index is 2.43. The van der Waals surface area contributed by atoms with Gasteiger partial charge >= 0.3 is 0 Å². The van der Waals surface area contributed by atoms with Crippen molar-refractivity contribution in [1.29, 1.82) is 0 Å². The molecule has 120 valence electrons. The molecule has 0 aromatic carbocycles. The molecule has 0 amide bonds. The SMILES string of the molecule is CCC1(C)CNC(CC(C)C)CN1CCOCCOC. The number of hydrogen-bond donors (Lipinski definition) is 1. The van der Waals surface area contributed by atoms with Crippen LogP contribution in [-0.4, -0.2) is 63.0 Å². The van der Waals surface area contributed by atoms with Gasteiger partial charge in [0.2, 0.25) is 0 Å². The van der Waals surface area contributed by atoms with Gasteiger partial charge in [-0.05, 0) is 25.7 Å². The number of nitrogens with zero attached hydrogens (tertiary/aromatic N) is 1. The summed E-state index contributed by atoms with van der Waals surface area (Å²) < 4.78 is 10.7. The highest BCUT2D eigenvalue weighted by Crippen LogP contribution is 2.24. The molecule has 4 heteroatoms. The summed E-state index contributed by atoms with van der Waals surface area (Å²) in [4.78, 5) is 2.61. The van der Waals surface area contributed by atoms with Gasteiger partial charge in [-0.1, -0.05) is 20.8 Å². The zero-order valence-corrected chi connectivity index (χ0v) is 14.1. The van der Waals surface area contributed by atoms with Crippen molar-refractivity contribution in [2.24, 2.45) is 5.92 Å². The number of nitrogens with one attached hydrogen (secondary N) is 1. The van der Waals surface area contributed by atoms with Gasteiger partial charge in [-0.25, -0.2) is 0 Å². The van der Waals surface area contributed by atoms with Crippen molar-refractivity contribution in [3.8, 4) is 0 Å². The molecular weight excluding hydrogens is 252 g/mol. The largest absolute Gasteiger partial charge is 0.382 e. The molecule has 20 heavy (non-hydrogen) atoms. The summed E-state index contributed by atoms with van der Waals surface area (Å²) in [6.45, 7) is 14.7. The van der Waals surface area contributed by atoms with E-state index in [9.17, 15) is 0 Å². The number of rotatable bonds is 9. The van der Waals surface area contributed by atoms with Crippen LogP contribution in [0.5, 0.6) is 0 Å². The molecule has 0 aliphatic carbocycles. The molecular formula is C16H34N2O2. The Morgan fingerprint density at radius 3 is 2.65 bits per heavy atom. The van der Waals surface area contributed by atoms with Crippen molar-refractivity contribution in [2.45, 2.75) is 52.1 Å². The van der Waals surface area contributed by atoms with E-state index in [0.717, 1.165) is 32.2 Å². The normalized spacial score (nSPS) is 28.2. The highest BCUT2D eigenvalue weighted by atomic mass is 16.5. The predicted octanol–water partition coefficient (Wildman–Crippen LogP) is 2.14. The molecule has 1 N–H and O–H groups in total. The van der Waals surface area contributed by atoms with Gasteiger partial charge in [-0.15, -0.1) is 0 Å². The standard InChI is InChI=1S/C16H34N2O2/c1-6-16(4)13-17-15(11-14(2)3)12-18(16)7-8-20-10-9-19-5/h14-15,17H,6-13H2,1-5H3.